The molecular weight excluding hydrogens is 254 g/mol. The molecule has 1 aromatic carbocycles. The van der Waals surface area contributed by atoms with Crippen LogP contribution in [0.5, 0.6) is 0 Å². The second-order valence-corrected chi connectivity index (χ2v) is 3.97. The van der Waals surface area contributed by atoms with Gasteiger partial charge in [-0.05, 0) is 12.1 Å². The molecule has 0 aliphatic heterocycles. The molecule has 0 amide bonds. The number of hydrogen-bond donors (Lipinski definition) is 1. The Hall–Kier alpha value is -1.42. The summed E-state index contributed by atoms with van der Waals surface area (Å²) in [5, 5.41) is 2.97. The van der Waals surface area contributed by atoms with Crippen molar-refractivity contribution >= 4 is 21.7 Å². The zero-order valence-corrected chi connectivity index (χ0v) is 9.82. The molecule has 0 unspecified atom stereocenters. The first kappa shape index (κ1) is 10.1. The van der Waals surface area contributed by atoms with Crippen LogP contribution in [0.3, 0.4) is 0 Å². The Morgan fingerprint density at radius 1 is 1.27 bits per heavy atom. The van der Waals surface area contributed by atoms with Gasteiger partial charge in [0.1, 0.15) is 5.82 Å². The highest BCUT2D eigenvalue weighted by Gasteiger charge is 2.01. The highest BCUT2D eigenvalue weighted by atomic mass is 79.9. The van der Waals surface area contributed by atoms with Crippen molar-refractivity contribution in [2.24, 2.45) is 0 Å². The third-order valence-corrected chi connectivity index (χ3v) is 2.50. The Balaban J connectivity index is 2.44. The number of aromatic nitrogens is 2. The average molecular weight is 264 g/mol. The highest BCUT2D eigenvalue weighted by Crippen LogP contribution is 2.21. The van der Waals surface area contributed by atoms with Gasteiger partial charge in [-0.1, -0.05) is 28.1 Å². The van der Waals surface area contributed by atoms with Crippen LogP contribution in [0.15, 0.2) is 41.1 Å². The van der Waals surface area contributed by atoms with Crippen LogP contribution in [0.2, 0.25) is 0 Å². The number of benzene rings is 1. The number of nitrogens with one attached hydrogen (secondary N) is 1. The average Bonchev–Trinajstić information content (AvgIpc) is 2.29. The third-order valence-electron chi connectivity index (χ3n) is 2.01. The Labute approximate surface area is 96.7 Å². The van der Waals surface area contributed by atoms with Crippen molar-refractivity contribution in [3.05, 3.63) is 41.1 Å². The minimum Gasteiger partial charge on any atom is -0.372 e. The van der Waals surface area contributed by atoms with E-state index in [2.05, 4.69) is 31.2 Å². The summed E-state index contributed by atoms with van der Waals surface area (Å²) in [4.78, 5) is 8.53. The molecule has 0 spiro atoms. The maximum Gasteiger partial charge on any atom is 0.144 e. The lowest BCUT2D eigenvalue weighted by Crippen LogP contribution is -1.94. The summed E-state index contributed by atoms with van der Waals surface area (Å²) in [5.41, 5.74) is 1.91. The van der Waals surface area contributed by atoms with Crippen LogP contribution in [0.1, 0.15) is 0 Å². The second kappa shape index (κ2) is 4.40. The summed E-state index contributed by atoms with van der Waals surface area (Å²) >= 11 is 3.43. The molecule has 1 heterocycles. The molecule has 0 radical (unpaired) electrons. The minimum atomic E-state index is 0.771. The zero-order chi connectivity index (χ0) is 10.7. The summed E-state index contributed by atoms with van der Waals surface area (Å²) in [7, 11) is 1.83. The molecule has 2 rings (SSSR count). The summed E-state index contributed by atoms with van der Waals surface area (Å²) in [5.74, 6) is 0.771. The Kier molecular flexibility index (Phi) is 2.97. The molecule has 3 nitrogen and oxygen atoms in total. The van der Waals surface area contributed by atoms with Crippen LogP contribution < -0.4 is 5.32 Å². The summed E-state index contributed by atoms with van der Waals surface area (Å²) in [6.45, 7) is 0. The van der Waals surface area contributed by atoms with Crippen molar-refractivity contribution in [3.63, 3.8) is 0 Å². The first-order valence-corrected chi connectivity index (χ1v) is 5.34. The van der Waals surface area contributed by atoms with E-state index in [4.69, 9.17) is 0 Å². The minimum absolute atomic E-state index is 0.771. The van der Waals surface area contributed by atoms with E-state index in [0.717, 1.165) is 21.5 Å². The topological polar surface area (TPSA) is 37.8 Å². The van der Waals surface area contributed by atoms with Crippen LogP contribution in [0.4, 0.5) is 5.82 Å². The molecule has 0 saturated carbocycles. The number of nitrogens with zero attached hydrogens (tertiary/aromatic N) is 2. The maximum absolute atomic E-state index is 4.41. The van der Waals surface area contributed by atoms with Crippen LogP contribution in [-0.4, -0.2) is 17.0 Å². The molecule has 0 fully saturated rings. The SMILES string of the molecule is CNc1cncc(-c2cccc(Br)c2)n1. The molecule has 0 aliphatic carbocycles. The number of hydrogen-bond acceptors (Lipinski definition) is 3. The number of halogens is 1. The second-order valence-electron chi connectivity index (χ2n) is 3.05. The molecule has 0 saturated heterocycles. The smallest absolute Gasteiger partial charge is 0.144 e. The van der Waals surface area contributed by atoms with Gasteiger partial charge in [-0.3, -0.25) is 4.98 Å². The number of anilines is 1. The van der Waals surface area contributed by atoms with Gasteiger partial charge in [-0.15, -0.1) is 0 Å². The van der Waals surface area contributed by atoms with Crippen molar-refractivity contribution in [1.29, 1.82) is 0 Å². The lowest BCUT2D eigenvalue weighted by Gasteiger charge is -2.03. The van der Waals surface area contributed by atoms with Crippen molar-refractivity contribution < 1.29 is 0 Å². The summed E-state index contributed by atoms with van der Waals surface area (Å²) in [6, 6.07) is 7.99. The molecule has 76 valence electrons. The summed E-state index contributed by atoms with van der Waals surface area (Å²) < 4.78 is 1.04. The molecule has 15 heavy (non-hydrogen) atoms. The van der Waals surface area contributed by atoms with Gasteiger partial charge in [-0.25, -0.2) is 4.98 Å². The quantitative estimate of drug-likeness (QED) is 0.906. The van der Waals surface area contributed by atoms with Gasteiger partial charge in [0, 0.05) is 17.1 Å². The molecule has 0 atom stereocenters. The first-order chi connectivity index (χ1) is 7.29. The van der Waals surface area contributed by atoms with Gasteiger partial charge in [0.2, 0.25) is 0 Å². The van der Waals surface area contributed by atoms with Crippen molar-refractivity contribution in [2.75, 3.05) is 12.4 Å². The molecule has 0 bridgehead atoms. The largest absolute Gasteiger partial charge is 0.372 e. The van der Waals surface area contributed by atoms with E-state index in [9.17, 15) is 0 Å². The fourth-order valence-electron chi connectivity index (χ4n) is 1.27. The van der Waals surface area contributed by atoms with Gasteiger partial charge in [0.15, 0.2) is 0 Å². The van der Waals surface area contributed by atoms with E-state index >= 15 is 0 Å². The lowest BCUT2D eigenvalue weighted by molar-refractivity contribution is 1.19. The van der Waals surface area contributed by atoms with Gasteiger partial charge in [-0.2, -0.15) is 0 Å². The zero-order valence-electron chi connectivity index (χ0n) is 8.24. The molecule has 4 heteroatoms. The normalized spacial score (nSPS) is 10.0. The fourth-order valence-corrected chi connectivity index (χ4v) is 1.67. The van der Waals surface area contributed by atoms with E-state index in [1.54, 1.807) is 12.4 Å². The van der Waals surface area contributed by atoms with E-state index in [0.29, 0.717) is 0 Å². The third kappa shape index (κ3) is 2.33. The van der Waals surface area contributed by atoms with E-state index in [1.165, 1.54) is 0 Å². The van der Waals surface area contributed by atoms with Crippen LogP contribution in [-0.2, 0) is 0 Å². The fraction of sp³-hybridized carbons (Fsp3) is 0.0909. The molecule has 1 N–H and O–H groups in total. The van der Waals surface area contributed by atoms with Gasteiger partial charge < -0.3 is 5.32 Å². The predicted octanol–water partition coefficient (Wildman–Crippen LogP) is 2.95. The van der Waals surface area contributed by atoms with Crippen molar-refractivity contribution in [2.45, 2.75) is 0 Å². The monoisotopic (exact) mass is 263 g/mol. The van der Waals surface area contributed by atoms with E-state index < -0.39 is 0 Å². The van der Waals surface area contributed by atoms with Crippen LogP contribution >= 0.6 is 15.9 Å². The summed E-state index contributed by atoms with van der Waals surface area (Å²) in [6.07, 6.45) is 3.45. The Morgan fingerprint density at radius 2 is 2.13 bits per heavy atom. The Morgan fingerprint density at radius 3 is 2.87 bits per heavy atom. The Bertz CT molecular complexity index is 471. The molecular formula is C11H10BrN3. The maximum atomic E-state index is 4.41. The molecule has 1 aromatic heterocycles. The standard InChI is InChI=1S/C11H10BrN3/c1-13-11-7-14-6-10(15-11)8-3-2-4-9(12)5-8/h2-7H,1H3,(H,13,15). The molecule has 2 aromatic rings. The predicted molar refractivity (Wildman–Crippen MR) is 64.7 cm³/mol. The van der Waals surface area contributed by atoms with E-state index in [1.807, 2.05) is 31.3 Å². The van der Waals surface area contributed by atoms with E-state index in [-0.39, 0.29) is 0 Å². The van der Waals surface area contributed by atoms with Crippen LogP contribution in [0, 0.1) is 0 Å². The number of rotatable bonds is 2. The highest BCUT2D eigenvalue weighted by molar-refractivity contribution is 9.10. The lowest BCUT2D eigenvalue weighted by atomic mass is 10.2. The van der Waals surface area contributed by atoms with Crippen molar-refractivity contribution in [1.82, 2.24) is 9.97 Å². The first-order valence-electron chi connectivity index (χ1n) is 4.55. The van der Waals surface area contributed by atoms with Gasteiger partial charge in [0.25, 0.3) is 0 Å². The molecule has 0 aliphatic rings. The van der Waals surface area contributed by atoms with Gasteiger partial charge in [0.05, 0.1) is 18.1 Å². The van der Waals surface area contributed by atoms with Gasteiger partial charge >= 0.3 is 0 Å². The van der Waals surface area contributed by atoms with Crippen LogP contribution in [0.25, 0.3) is 11.3 Å². The van der Waals surface area contributed by atoms with Crippen molar-refractivity contribution in [3.8, 4) is 11.3 Å².